The summed E-state index contributed by atoms with van der Waals surface area (Å²) >= 11 is 0. The average Bonchev–Trinajstić information content (AvgIpc) is 2.74. The van der Waals surface area contributed by atoms with Crippen LogP contribution in [0.1, 0.15) is 25.7 Å². The molecule has 0 bridgehead atoms. The number of nitrogens with one attached hydrogen (secondary N) is 1. The molecule has 0 aromatic carbocycles. The van der Waals surface area contributed by atoms with Crippen molar-refractivity contribution in [2.45, 2.75) is 37.0 Å². The molecule has 0 aromatic heterocycles. The van der Waals surface area contributed by atoms with Crippen molar-refractivity contribution in [3.8, 4) is 0 Å². The van der Waals surface area contributed by atoms with Gasteiger partial charge in [0.1, 0.15) is 6.04 Å². The quantitative estimate of drug-likeness (QED) is 0.642. The topological polar surface area (TPSA) is 110 Å². The van der Waals surface area contributed by atoms with Crippen LogP contribution in [0.25, 0.3) is 0 Å². The average molecular weight is 275 g/mol. The zero-order valence-corrected chi connectivity index (χ0v) is 10.8. The van der Waals surface area contributed by atoms with Gasteiger partial charge in [0, 0.05) is 19.5 Å². The van der Waals surface area contributed by atoms with Crippen molar-refractivity contribution in [3.05, 3.63) is 0 Å². The van der Waals surface area contributed by atoms with Gasteiger partial charge in [0.15, 0.2) is 0 Å². The van der Waals surface area contributed by atoms with Crippen molar-refractivity contribution >= 4 is 21.8 Å². The number of sulfonamides is 1. The van der Waals surface area contributed by atoms with Crippen molar-refractivity contribution < 1.29 is 18.0 Å². The second-order valence-electron chi connectivity index (χ2n) is 4.80. The number of hydrogen-bond acceptors (Lipinski definition) is 4. The first kappa shape index (κ1) is 13.3. The minimum absolute atomic E-state index is 0.129. The van der Waals surface area contributed by atoms with Crippen LogP contribution in [0.5, 0.6) is 0 Å². The lowest BCUT2D eigenvalue weighted by molar-refractivity contribution is -0.135. The number of piperidine rings is 1. The standard InChI is InChI=1S/C10H17N3O4S/c11-18(16,17)7-2-1-5-13(6-7)10(15)8-3-4-9(14)12-8/h7-8H,1-6H2,(H,12,14)(H2,11,16,17)/t7?,8-/m0/s1. The first-order chi connectivity index (χ1) is 8.38. The highest BCUT2D eigenvalue weighted by atomic mass is 32.2. The van der Waals surface area contributed by atoms with Gasteiger partial charge in [0.05, 0.1) is 5.25 Å². The molecule has 1 unspecified atom stereocenters. The Morgan fingerprint density at radius 2 is 2.11 bits per heavy atom. The molecule has 2 aliphatic heterocycles. The highest BCUT2D eigenvalue weighted by Crippen LogP contribution is 2.18. The highest BCUT2D eigenvalue weighted by molar-refractivity contribution is 7.89. The molecule has 2 heterocycles. The number of carbonyl (C=O) groups is 2. The second kappa shape index (κ2) is 4.85. The highest BCUT2D eigenvalue weighted by Gasteiger charge is 2.35. The molecule has 102 valence electrons. The van der Waals surface area contributed by atoms with Crippen molar-refractivity contribution in [2.75, 3.05) is 13.1 Å². The van der Waals surface area contributed by atoms with Gasteiger partial charge >= 0.3 is 0 Å². The van der Waals surface area contributed by atoms with E-state index in [4.69, 9.17) is 5.14 Å². The zero-order chi connectivity index (χ0) is 13.3. The van der Waals surface area contributed by atoms with Gasteiger partial charge in [0.2, 0.25) is 21.8 Å². The Labute approximate surface area is 106 Å². The Morgan fingerprint density at radius 1 is 1.39 bits per heavy atom. The number of nitrogens with two attached hydrogens (primary N) is 1. The summed E-state index contributed by atoms with van der Waals surface area (Å²) < 4.78 is 22.6. The molecule has 0 aromatic rings. The SMILES string of the molecule is NS(=O)(=O)C1CCCN(C(=O)[C@@H]2CCC(=O)N2)C1. The molecule has 3 N–H and O–H groups in total. The third-order valence-electron chi connectivity index (χ3n) is 3.45. The number of nitrogens with zero attached hydrogens (tertiary/aromatic N) is 1. The van der Waals surface area contributed by atoms with E-state index in [2.05, 4.69) is 5.32 Å². The summed E-state index contributed by atoms with van der Waals surface area (Å²) in [7, 11) is -3.61. The minimum Gasteiger partial charge on any atom is -0.344 e. The van der Waals surface area contributed by atoms with Crippen molar-refractivity contribution in [1.29, 1.82) is 0 Å². The fraction of sp³-hybridized carbons (Fsp3) is 0.800. The molecule has 2 amide bonds. The first-order valence-corrected chi connectivity index (χ1v) is 7.58. The molecule has 2 rings (SSSR count). The predicted molar refractivity (Wildman–Crippen MR) is 63.9 cm³/mol. The normalized spacial score (nSPS) is 29.2. The smallest absolute Gasteiger partial charge is 0.245 e. The van der Waals surface area contributed by atoms with Crippen LogP contribution in [0.2, 0.25) is 0 Å². The maximum absolute atomic E-state index is 12.1. The third-order valence-corrected chi connectivity index (χ3v) is 4.76. The Hall–Kier alpha value is -1.15. The van der Waals surface area contributed by atoms with E-state index in [1.54, 1.807) is 0 Å². The molecule has 0 aliphatic carbocycles. The summed E-state index contributed by atoms with van der Waals surface area (Å²) in [5, 5.41) is 7.02. The number of rotatable bonds is 2. The van der Waals surface area contributed by atoms with Crippen LogP contribution in [0.3, 0.4) is 0 Å². The number of likely N-dealkylation sites (tertiary alicyclic amines) is 1. The van der Waals surface area contributed by atoms with Gasteiger partial charge in [-0.2, -0.15) is 0 Å². The van der Waals surface area contributed by atoms with Crippen LogP contribution in [0, 0.1) is 0 Å². The van der Waals surface area contributed by atoms with Crippen LogP contribution in [0.15, 0.2) is 0 Å². The van der Waals surface area contributed by atoms with E-state index in [9.17, 15) is 18.0 Å². The van der Waals surface area contributed by atoms with Crippen LogP contribution < -0.4 is 10.5 Å². The molecule has 2 atom stereocenters. The molecule has 8 heteroatoms. The van der Waals surface area contributed by atoms with E-state index in [-0.39, 0.29) is 18.4 Å². The number of hydrogen-bond donors (Lipinski definition) is 2. The number of amides is 2. The van der Waals surface area contributed by atoms with Crippen molar-refractivity contribution in [2.24, 2.45) is 5.14 Å². The molecular weight excluding hydrogens is 258 g/mol. The molecule has 0 radical (unpaired) electrons. The van der Waals surface area contributed by atoms with E-state index < -0.39 is 21.3 Å². The monoisotopic (exact) mass is 275 g/mol. The maximum atomic E-state index is 12.1. The van der Waals surface area contributed by atoms with E-state index in [1.165, 1.54) is 4.90 Å². The lowest BCUT2D eigenvalue weighted by Crippen LogP contribution is -2.52. The Kier molecular flexibility index (Phi) is 3.58. The Morgan fingerprint density at radius 3 is 2.67 bits per heavy atom. The zero-order valence-electron chi connectivity index (χ0n) is 9.96. The molecule has 2 fully saturated rings. The van der Waals surface area contributed by atoms with Gasteiger partial charge in [-0.25, -0.2) is 13.6 Å². The molecule has 2 aliphatic rings. The summed E-state index contributed by atoms with van der Waals surface area (Å²) in [6, 6.07) is -0.503. The lowest BCUT2D eigenvalue weighted by atomic mass is 10.1. The van der Waals surface area contributed by atoms with Crippen molar-refractivity contribution in [1.82, 2.24) is 10.2 Å². The van der Waals surface area contributed by atoms with E-state index >= 15 is 0 Å². The summed E-state index contributed by atoms with van der Waals surface area (Å²) in [5.41, 5.74) is 0. The van der Waals surface area contributed by atoms with Gasteiger partial charge in [-0.15, -0.1) is 0 Å². The largest absolute Gasteiger partial charge is 0.344 e. The first-order valence-electron chi connectivity index (χ1n) is 5.97. The molecule has 0 saturated carbocycles. The van der Waals surface area contributed by atoms with E-state index in [1.807, 2.05) is 0 Å². The number of primary sulfonamides is 1. The van der Waals surface area contributed by atoms with Gasteiger partial charge in [0.25, 0.3) is 0 Å². The fourth-order valence-corrected chi connectivity index (χ4v) is 3.31. The van der Waals surface area contributed by atoms with Crippen LogP contribution in [0.4, 0.5) is 0 Å². The maximum Gasteiger partial charge on any atom is 0.245 e. The van der Waals surface area contributed by atoms with Gasteiger partial charge in [-0.1, -0.05) is 0 Å². The molecule has 7 nitrogen and oxygen atoms in total. The Balaban J connectivity index is 2.01. The summed E-state index contributed by atoms with van der Waals surface area (Å²) in [5.74, 6) is -0.331. The predicted octanol–water partition coefficient (Wildman–Crippen LogP) is -1.46. The minimum atomic E-state index is -3.61. The molecule has 0 spiro atoms. The Bertz CT molecular complexity index is 462. The van der Waals surface area contributed by atoms with Gasteiger partial charge < -0.3 is 10.2 Å². The van der Waals surface area contributed by atoms with E-state index in [0.717, 1.165) is 0 Å². The summed E-state index contributed by atoms with van der Waals surface area (Å²) in [6.07, 6.45) is 1.93. The number of carbonyl (C=O) groups excluding carboxylic acids is 2. The third kappa shape index (κ3) is 2.81. The van der Waals surface area contributed by atoms with Crippen molar-refractivity contribution in [3.63, 3.8) is 0 Å². The molecule has 2 saturated heterocycles. The molecular formula is C10H17N3O4S. The van der Waals surface area contributed by atoms with Gasteiger partial charge in [-0.3, -0.25) is 9.59 Å². The van der Waals surface area contributed by atoms with Crippen LogP contribution in [-0.4, -0.2) is 49.5 Å². The van der Waals surface area contributed by atoms with E-state index in [0.29, 0.717) is 32.2 Å². The van der Waals surface area contributed by atoms with Crippen LogP contribution >= 0.6 is 0 Å². The summed E-state index contributed by atoms with van der Waals surface area (Å²) in [6.45, 7) is 0.654. The fourth-order valence-electron chi connectivity index (χ4n) is 2.43. The van der Waals surface area contributed by atoms with Crippen LogP contribution in [-0.2, 0) is 19.6 Å². The lowest BCUT2D eigenvalue weighted by Gasteiger charge is -2.33. The molecule has 18 heavy (non-hydrogen) atoms. The van der Waals surface area contributed by atoms with Gasteiger partial charge in [-0.05, 0) is 19.3 Å². The second-order valence-corrected chi connectivity index (χ2v) is 6.64. The summed E-state index contributed by atoms with van der Waals surface area (Å²) in [4.78, 5) is 24.7.